The second-order valence-corrected chi connectivity index (χ2v) is 23.0. The van der Waals surface area contributed by atoms with Gasteiger partial charge in [-0.15, -0.1) is 11.3 Å². The number of carbonyl (C=O) groups excluding carboxylic acids is 5. The molecule has 0 bridgehead atoms. The average molecular weight is 1240 g/mol. The fourth-order valence-corrected chi connectivity index (χ4v) is 10.7. The van der Waals surface area contributed by atoms with Crippen molar-refractivity contribution in [2.45, 2.75) is 162 Å². The van der Waals surface area contributed by atoms with Crippen LogP contribution in [0, 0.1) is 0 Å². The Morgan fingerprint density at radius 3 is 1.30 bits per heavy atom. The maximum atomic E-state index is 14.6. The van der Waals surface area contributed by atoms with Gasteiger partial charge in [0.05, 0.1) is 0 Å². The van der Waals surface area contributed by atoms with Gasteiger partial charge < -0.3 is 24.8 Å². The SMILES string of the molecule is CC/C=C\C/C=C\C/C=C\C/C=C\C/C=C\C/C=C\CCC(=O)N[C@@H](C)C(=O)Oc1ccc(-c2sc3cc(OC(=O)[C@H](C)NC(=O)CC/C=C\C/C=C\C/C=C\C/C=C\C/C=C\C/C=C\CC)ccc3c2C(=O)c2ccc(OCCN3CCCCC3)cc2)cc1. The minimum atomic E-state index is -0.905. The predicted octanol–water partition coefficient (Wildman–Crippen LogP) is 18.4. The van der Waals surface area contributed by atoms with E-state index in [9.17, 15) is 24.0 Å². The maximum absolute atomic E-state index is 14.6. The van der Waals surface area contributed by atoms with E-state index in [4.69, 9.17) is 14.2 Å². The smallest absolute Gasteiger partial charge is 0.333 e. The number of hydrogen-bond donors (Lipinski definition) is 2. The fourth-order valence-electron chi connectivity index (χ4n) is 9.43. The van der Waals surface area contributed by atoms with E-state index in [1.165, 1.54) is 30.6 Å². The highest BCUT2D eigenvalue weighted by Crippen LogP contribution is 2.42. The molecule has 2 N–H and O–H groups in total. The molecule has 0 unspecified atom stereocenters. The predicted molar refractivity (Wildman–Crippen MR) is 374 cm³/mol. The summed E-state index contributed by atoms with van der Waals surface area (Å²) in [6.07, 6.45) is 67.7. The van der Waals surface area contributed by atoms with Crippen LogP contribution in [0.25, 0.3) is 20.5 Å². The number of benzene rings is 3. The number of ketones is 1. The van der Waals surface area contributed by atoms with Crippen LogP contribution in [-0.2, 0) is 19.2 Å². The molecule has 4 aromatic rings. The van der Waals surface area contributed by atoms with Crippen molar-refractivity contribution < 1.29 is 38.2 Å². The number of nitrogens with zero attached hydrogens (tertiary/aromatic N) is 1. The maximum Gasteiger partial charge on any atom is 0.333 e. The van der Waals surface area contributed by atoms with Gasteiger partial charge >= 0.3 is 11.9 Å². The monoisotopic (exact) mass is 1240 g/mol. The quantitative estimate of drug-likeness (QED) is 0.0192. The molecule has 0 spiro atoms. The van der Waals surface area contributed by atoms with Crippen molar-refractivity contribution in [1.82, 2.24) is 15.5 Å². The van der Waals surface area contributed by atoms with Crippen molar-refractivity contribution in [1.29, 1.82) is 0 Å². The Morgan fingerprint density at radius 2 is 0.867 bits per heavy atom. The van der Waals surface area contributed by atoms with Gasteiger partial charge in [-0.3, -0.25) is 19.3 Å². The minimum Gasteiger partial charge on any atom is -0.492 e. The van der Waals surface area contributed by atoms with Gasteiger partial charge in [-0.25, -0.2) is 9.59 Å². The molecular weight excluding hydrogens is 1140 g/mol. The zero-order valence-electron chi connectivity index (χ0n) is 53.7. The highest BCUT2D eigenvalue weighted by Gasteiger charge is 2.25. The summed E-state index contributed by atoms with van der Waals surface area (Å²) in [4.78, 5) is 69.9. The number of fused-ring (bicyclic) bond motifs is 1. The van der Waals surface area contributed by atoms with Gasteiger partial charge in [0.15, 0.2) is 5.78 Å². The summed E-state index contributed by atoms with van der Waals surface area (Å²) < 4.78 is 18.3. The van der Waals surface area contributed by atoms with Crippen LogP contribution in [0.2, 0.25) is 0 Å². The van der Waals surface area contributed by atoms with Crippen LogP contribution in [0.3, 0.4) is 0 Å². The molecule has 1 fully saturated rings. The molecule has 3 aromatic carbocycles. The van der Waals surface area contributed by atoms with Crippen LogP contribution >= 0.6 is 11.3 Å². The van der Waals surface area contributed by atoms with Gasteiger partial charge in [-0.05, 0) is 202 Å². The van der Waals surface area contributed by atoms with E-state index in [0.717, 1.165) is 96.7 Å². The molecular formula is C78H97N3O8S. The van der Waals surface area contributed by atoms with Crippen molar-refractivity contribution in [3.8, 4) is 27.7 Å². The number of allylic oxidation sites excluding steroid dienone is 24. The van der Waals surface area contributed by atoms with Crippen LogP contribution in [-0.4, -0.2) is 72.8 Å². The lowest BCUT2D eigenvalue weighted by Crippen LogP contribution is -2.40. The van der Waals surface area contributed by atoms with Crippen LogP contribution in [0.15, 0.2) is 213 Å². The van der Waals surface area contributed by atoms with E-state index in [0.29, 0.717) is 56.9 Å². The summed E-state index contributed by atoms with van der Waals surface area (Å²) in [6.45, 7) is 11.0. The Balaban J connectivity index is 1.11. The van der Waals surface area contributed by atoms with Crippen molar-refractivity contribution in [3.05, 3.63) is 224 Å². The Morgan fingerprint density at radius 1 is 0.478 bits per heavy atom. The molecule has 0 saturated carbocycles. The molecule has 1 aromatic heterocycles. The molecule has 90 heavy (non-hydrogen) atoms. The first-order chi connectivity index (χ1) is 44.1. The standard InChI is InChI=1S/C78H97N3O8S/c1-5-7-9-11-13-15-17-19-21-23-25-27-29-31-33-35-37-39-42-46-72(82)79-63(3)77(85)88-68-54-50-66(51-55-68)76-74(75(84)65-48-52-67(53-49-65)87-61-60-81-58-44-41-45-59-81)70-57-56-69(62-71(70)90-76)89-78(86)64(4)80-73(83)47-43-40-38-36-34-32-30-28-26-24-22-20-18-16-14-12-10-8-6-2/h7-10,13-16,19-22,25-28,31-34,37-40,48-57,62-64H,5-6,11-12,17-18,23-24,29-30,35-36,41-47,58-61H2,1-4H3,(H,79,82)(H,80,83)/b9-7-,10-8-,15-13-,16-14-,21-19-,22-20-,27-25-,28-26-,33-31-,34-32-,39-37-,40-38-/t63-,64-/m0/s1. The van der Waals surface area contributed by atoms with E-state index in [1.54, 1.807) is 68.4 Å². The number of nitrogens with one attached hydrogen (secondary N) is 2. The third-order valence-corrected chi connectivity index (χ3v) is 15.6. The van der Waals surface area contributed by atoms with Crippen LogP contribution in [0.5, 0.6) is 17.2 Å². The minimum absolute atomic E-state index is 0.206. The summed E-state index contributed by atoms with van der Waals surface area (Å²) in [5, 5.41) is 6.17. The number of amides is 2. The molecule has 11 nitrogen and oxygen atoms in total. The summed E-state index contributed by atoms with van der Waals surface area (Å²) >= 11 is 1.36. The van der Waals surface area contributed by atoms with E-state index in [1.807, 2.05) is 36.4 Å². The fraction of sp³-hybridized carbons (Fsp3) is 0.372. The first-order valence-corrected chi connectivity index (χ1v) is 33.4. The topological polar surface area (TPSA) is 140 Å². The third kappa shape index (κ3) is 29.9. The Bertz CT molecular complexity index is 3180. The summed E-state index contributed by atoms with van der Waals surface area (Å²) in [5.41, 5.74) is 1.63. The van der Waals surface area contributed by atoms with Crippen LogP contribution in [0.4, 0.5) is 0 Å². The average Bonchev–Trinajstić information content (AvgIpc) is 1.67. The van der Waals surface area contributed by atoms with Crippen molar-refractivity contribution in [2.75, 3.05) is 26.2 Å². The molecule has 1 aliphatic heterocycles. The largest absolute Gasteiger partial charge is 0.492 e. The van der Waals surface area contributed by atoms with Crippen molar-refractivity contribution >= 4 is 51.0 Å². The van der Waals surface area contributed by atoms with Gasteiger partial charge in [0, 0.05) is 45.5 Å². The van der Waals surface area contributed by atoms with Gasteiger partial charge in [-0.1, -0.05) is 166 Å². The van der Waals surface area contributed by atoms with E-state index < -0.39 is 24.0 Å². The molecule has 2 atom stereocenters. The molecule has 0 radical (unpaired) electrons. The Kier molecular flexibility index (Phi) is 36.4. The first kappa shape index (κ1) is 72.6. The lowest BCUT2D eigenvalue weighted by atomic mass is 9.97. The molecule has 1 saturated heterocycles. The van der Waals surface area contributed by atoms with Gasteiger partial charge in [0.1, 0.15) is 35.9 Å². The van der Waals surface area contributed by atoms with Gasteiger partial charge in [0.2, 0.25) is 11.8 Å². The normalized spacial score (nSPS) is 14.4. The number of likely N-dealkylation sites (tertiary alicyclic amines) is 1. The third-order valence-electron chi connectivity index (χ3n) is 14.4. The second-order valence-electron chi connectivity index (χ2n) is 21.9. The molecule has 2 amide bonds. The summed E-state index contributed by atoms with van der Waals surface area (Å²) in [6, 6.07) is 17.4. The summed E-state index contributed by atoms with van der Waals surface area (Å²) in [7, 11) is 0. The number of thiophene rings is 1. The lowest BCUT2D eigenvalue weighted by Gasteiger charge is -2.26. The number of piperidine rings is 1. The zero-order valence-corrected chi connectivity index (χ0v) is 54.6. The molecule has 0 aliphatic carbocycles. The highest BCUT2D eigenvalue weighted by molar-refractivity contribution is 7.22. The zero-order chi connectivity index (χ0) is 64.1. The van der Waals surface area contributed by atoms with Gasteiger partial charge in [0.25, 0.3) is 0 Å². The number of rotatable bonds is 41. The van der Waals surface area contributed by atoms with E-state index in [-0.39, 0.29) is 41.9 Å². The highest BCUT2D eigenvalue weighted by atomic mass is 32.1. The molecule has 12 heteroatoms. The molecule has 478 valence electrons. The number of carbonyl (C=O) groups is 5. The lowest BCUT2D eigenvalue weighted by molar-refractivity contribution is -0.139. The van der Waals surface area contributed by atoms with Crippen LogP contribution in [0.1, 0.15) is 166 Å². The number of hydrogen-bond acceptors (Lipinski definition) is 10. The molecule has 2 heterocycles. The van der Waals surface area contributed by atoms with Crippen molar-refractivity contribution in [3.63, 3.8) is 0 Å². The van der Waals surface area contributed by atoms with E-state index in [2.05, 4.69) is 151 Å². The van der Waals surface area contributed by atoms with Crippen LogP contribution < -0.4 is 24.8 Å². The first-order valence-electron chi connectivity index (χ1n) is 32.5. The second kappa shape index (κ2) is 45.1. The number of esters is 2. The van der Waals surface area contributed by atoms with Gasteiger partial charge in [-0.2, -0.15) is 0 Å². The van der Waals surface area contributed by atoms with E-state index >= 15 is 0 Å². The Labute approximate surface area is 541 Å². The summed E-state index contributed by atoms with van der Waals surface area (Å²) in [5.74, 6) is -0.737. The molecule has 1 aliphatic rings. The van der Waals surface area contributed by atoms with Crippen molar-refractivity contribution in [2.24, 2.45) is 0 Å². The Hall–Kier alpha value is -8.19. The molecule has 5 rings (SSSR count). The number of ether oxygens (including phenoxy) is 3.